The Kier molecular flexibility index (Phi) is 4.72. The van der Waals surface area contributed by atoms with E-state index in [0.717, 1.165) is 24.0 Å². The Labute approximate surface area is 130 Å². The van der Waals surface area contributed by atoms with E-state index < -0.39 is 0 Å². The van der Waals surface area contributed by atoms with Crippen LogP contribution in [0.2, 0.25) is 0 Å². The molecule has 0 aliphatic heterocycles. The standard InChI is InChI=1S/C19H32O2/c1-13-9-14(16(21)15(20)10-13)19(7,8)12-18(5,6)11-17(2,3)4/h9-10,20-21H,11-12H2,1-8H3. The Balaban J connectivity index is 3.12. The van der Waals surface area contributed by atoms with Gasteiger partial charge in [-0.25, -0.2) is 0 Å². The third-order valence-corrected chi connectivity index (χ3v) is 3.89. The van der Waals surface area contributed by atoms with Gasteiger partial charge in [-0.05, 0) is 47.6 Å². The van der Waals surface area contributed by atoms with Gasteiger partial charge in [-0.2, -0.15) is 0 Å². The molecule has 2 nitrogen and oxygen atoms in total. The molecular weight excluding hydrogens is 260 g/mol. The highest BCUT2D eigenvalue weighted by molar-refractivity contribution is 5.50. The molecule has 2 heteroatoms. The van der Waals surface area contributed by atoms with Gasteiger partial charge in [0.2, 0.25) is 0 Å². The number of rotatable bonds is 4. The molecule has 0 aromatic heterocycles. The van der Waals surface area contributed by atoms with E-state index >= 15 is 0 Å². The lowest BCUT2D eigenvalue weighted by molar-refractivity contribution is 0.164. The van der Waals surface area contributed by atoms with Gasteiger partial charge >= 0.3 is 0 Å². The molecule has 0 amide bonds. The van der Waals surface area contributed by atoms with Crippen molar-refractivity contribution in [3.63, 3.8) is 0 Å². The maximum Gasteiger partial charge on any atom is 0.161 e. The van der Waals surface area contributed by atoms with Crippen molar-refractivity contribution in [1.82, 2.24) is 0 Å². The van der Waals surface area contributed by atoms with Gasteiger partial charge in [0.25, 0.3) is 0 Å². The summed E-state index contributed by atoms with van der Waals surface area (Å²) in [4.78, 5) is 0. The third kappa shape index (κ3) is 4.94. The molecule has 0 saturated heterocycles. The average molecular weight is 292 g/mol. The summed E-state index contributed by atoms with van der Waals surface area (Å²) in [5, 5.41) is 20.1. The fourth-order valence-corrected chi connectivity index (χ4v) is 4.07. The molecule has 0 fully saturated rings. The van der Waals surface area contributed by atoms with E-state index in [2.05, 4.69) is 48.5 Å². The van der Waals surface area contributed by atoms with Crippen molar-refractivity contribution >= 4 is 0 Å². The summed E-state index contributed by atoms with van der Waals surface area (Å²) in [6.07, 6.45) is 2.07. The molecule has 120 valence electrons. The summed E-state index contributed by atoms with van der Waals surface area (Å²) in [5.74, 6) is 0.00358. The summed E-state index contributed by atoms with van der Waals surface area (Å²) >= 11 is 0. The van der Waals surface area contributed by atoms with Crippen molar-refractivity contribution < 1.29 is 10.2 Å². The molecule has 0 aliphatic carbocycles. The van der Waals surface area contributed by atoms with E-state index in [1.165, 1.54) is 0 Å². The molecule has 0 unspecified atom stereocenters. The first kappa shape index (κ1) is 17.9. The second-order valence-corrected chi connectivity index (χ2v) is 9.14. The predicted octanol–water partition coefficient (Wildman–Crippen LogP) is 5.54. The van der Waals surface area contributed by atoms with Gasteiger partial charge < -0.3 is 10.2 Å². The maximum absolute atomic E-state index is 10.2. The van der Waals surface area contributed by atoms with Gasteiger partial charge in [-0.15, -0.1) is 0 Å². The van der Waals surface area contributed by atoms with Gasteiger partial charge in [0.1, 0.15) is 0 Å². The van der Waals surface area contributed by atoms with Crippen LogP contribution in [0.5, 0.6) is 11.5 Å². The molecule has 21 heavy (non-hydrogen) atoms. The van der Waals surface area contributed by atoms with Crippen molar-refractivity contribution in [1.29, 1.82) is 0 Å². The van der Waals surface area contributed by atoms with Crippen molar-refractivity contribution in [2.24, 2.45) is 10.8 Å². The largest absolute Gasteiger partial charge is 0.504 e. The minimum absolute atomic E-state index is 0.0216. The first-order chi connectivity index (χ1) is 9.23. The summed E-state index contributed by atoms with van der Waals surface area (Å²) in [7, 11) is 0. The average Bonchev–Trinajstić information content (AvgIpc) is 2.17. The number of phenols is 2. The molecule has 2 N–H and O–H groups in total. The first-order valence-electron chi connectivity index (χ1n) is 7.77. The van der Waals surface area contributed by atoms with Crippen LogP contribution in [0.15, 0.2) is 12.1 Å². The number of hydrogen-bond donors (Lipinski definition) is 2. The lowest BCUT2D eigenvalue weighted by Gasteiger charge is -2.39. The van der Waals surface area contributed by atoms with Crippen LogP contribution in [0.25, 0.3) is 0 Å². The van der Waals surface area contributed by atoms with Crippen LogP contribution >= 0.6 is 0 Å². The second-order valence-electron chi connectivity index (χ2n) is 9.14. The monoisotopic (exact) mass is 292 g/mol. The molecule has 1 rings (SSSR count). The SMILES string of the molecule is Cc1cc(O)c(O)c(C(C)(C)CC(C)(C)CC(C)(C)C)c1. The Morgan fingerprint density at radius 1 is 0.857 bits per heavy atom. The minimum Gasteiger partial charge on any atom is -0.504 e. The third-order valence-electron chi connectivity index (χ3n) is 3.89. The number of benzene rings is 1. The van der Waals surface area contributed by atoms with Gasteiger partial charge in [0.15, 0.2) is 11.5 Å². The highest BCUT2D eigenvalue weighted by atomic mass is 16.3. The maximum atomic E-state index is 10.2. The van der Waals surface area contributed by atoms with Crippen LogP contribution in [0.3, 0.4) is 0 Å². The topological polar surface area (TPSA) is 40.5 Å². The molecule has 0 atom stereocenters. The van der Waals surface area contributed by atoms with Crippen molar-refractivity contribution in [2.45, 2.75) is 73.6 Å². The summed E-state index contributed by atoms with van der Waals surface area (Å²) in [6.45, 7) is 17.6. The zero-order valence-electron chi connectivity index (χ0n) is 15.0. The van der Waals surface area contributed by atoms with E-state index in [1.807, 2.05) is 13.0 Å². The van der Waals surface area contributed by atoms with E-state index in [0.29, 0.717) is 0 Å². The fraction of sp³-hybridized carbons (Fsp3) is 0.684. The van der Waals surface area contributed by atoms with Gasteiger partial charge in [-0.3, -0.25) is 0 Å². The molecule has 0 aliphatic rings. The summed E-state index contributed by atoms with van der Waals surface area (Å²) in [5.41, 5.74) is 2.05. The Morgan fingerprint density at radius 2 is 1.38 bits per heavy atom. The molecule has 0 radical (unpaired) electrons. The zero-order valence-corrected chi connectivity index (χ0v) is 15.0. The van der Waals surface area contributed by atoms with Crippen molar-refractivity contribution in [3.05, 3.63) is 23.3 Å². The Morgan fingerprint density at radius 3 is 1.86 bits per heavy atom. The highest BCUT2D eigenvalue weighted by Crippen LogP contribution is 2.46. The summed E-state index contributed by atoms with van der Waals surface area (Å²) in [6, 6.07) is 3.59. The number of hydrogen-bond acceptors (Lipinski definition) is 2. The number of aromatic hydroxyl groups is 2. The molecule has 0 heterocycles. The van der Waals surface area contributed by atoms with Crippen LogP contribution in [0.1, 0.15) is 72.4 Å². The molecular formula is C19H32O2. The van der Waals surface area contributed by atoms with Crippen LogP contribution < -0.4 is 0 Å². The van der Waals surface area contributed by atoms with Crippen LogP contribution in [0.4, 0.5) is 0 Å². The molecule has 1 aromatic rings. The van der Waals surface area contributed by atoms with Crippen LogP contribution in [-0.2, 0) is 5.41 Å². The lowest BCUT2D eigenvalue weighted by atomic mass is 9.66. The molecule has 0 bridgehead atoms. The quantitative estimate of drug-likeness (QED) is 0.716. The van der Waals surface area contributed by atoms with Crippen molar-refractivity contribution in [2.75, 3.05) is 0 Å². The Bertz CT molecular complexity index is 505. The van der Waals surface area contributed by atoms with E-state index in [4.69, 9.17) is 0 Å². The van der Waals surface area contributed by atoms with Gasteiger partial charge in [-0.1, -0.05) is 54.5 Å². The smallest absolute Gasteiger partial charge is 0.161 e. The lowest BCUT2D eigenvalue weighted by Crippen LogP contribution is -2.30. The van der Waals surface area contributed by atoms with Crippen LogP contribution in [-0.4, -0.2) is 10.2 Å². The molecule has 0 saturated carbocycles. The fourth-order valence-electron chi connectivity index (χ4n) is 4.07. The van der Waals surface area contributed by atoms with E-state index in [9.17, 15) is 10.2 Å². The minimum atomic E-state index is -0.192. The van der Waals surface area contributed by atoms with Crippen LogP contribution in [0, 0.1) is 17.8 Å². The highest BCUT2D eigenvalue weighted by Gasteiger charge is 2.35. The molecule has 1 aromatic carbocycles. The van der Waals surface area contributed by atoms with E-state index in [1.54, 1.807) is 6.07 Å². The number of phenolic OH excluding ortho intramolecular Hbond substituents is 2. The first-order valence-corrected chi connectivity index (χ1v) is 7.77. The predicted molar refractivity (Wildman–Crippen MR) is 90.0 cm³/mol. The second kappa shape index (κ2) is 5.55. The Hall–Kier alpha value is -1.18. The number of aryl methyl sites for hydroxylation is 1. The van der Waals surface area contributed by atoms with Crippen molar-refractivity contribution in [3.8, 4) is 11.5 Å². The van der Waals surface area contributed by atoms with Gasteiger partial charge in [0.05, 0.1) is 0 Å². The normalized spacial score (nSPS) is 13.5. The van der Waals surface area contributed by atoms with E-state index in [-0.39, 0.29) is 27.7 Å². The van der Waals surface area contributed by atoms with Gasteiger partial charge in [0, 0.05) is 5.56 Å². The molecule has 0 spiro atoms. The zero-order chi connectivity index (χ0) is 16.6. The summed E-state index contributed by atoms with van der Waals surface area (Å²) < 4.78 is 0.